The first-order chi connectivity index (χ1) is 10.7. The smallest absolute Gasteiger partial charge is 0.303 e. The molecule has 2 heteroatoms. The molecule has 1 N–H and O–H groups in total. The van der Waals surface area contributed by atoms with E-state index >= 15 is 0 Å². The van der Waals surface area contributed by atoms with Crippen molar-refractivity contribution >= 4 is 5.97 Å². The van der Waals surface area contributed by atoms with Gasteiger partial charge in [-0.25, -0.2) is 0 Å². The Balaban J connectivity index is 3.59. The van der Waals surface area contributed by atoms with Gasteiger partial charge in [-0.2, -0.15) is 0 Å². The molecule has 0 aromatic rings. The molecule has 132 valence electrons. The largest absolute Gasteiger partial charge is 0.481 e. The monoisotopic (exact) mass is 312 g/mol. The molecule has 0 radical (unpaired) electrons. The van der Waals surface area contributed by atoms with Crippen LogP contribution in [0.3, 0.4) is 0 Å². The Kier molecular flexibility index (Phi) is 16.4. The molecular formula is C20H40O2. The normalized spacial score (nSPS) is 12.5. The molecule has 0 aromatic heterocycles. The lowest BCUT2D eigenvalue weighted by Crippen LogP contribution is -2.01. The second-order valence-electron chi connectivity index (χ2n) is 6.91. The van der Waals surface area contributed by atoms with Gasteiger partial charge in [-0.15, -0.1) is 0 Å². The second kappa shape index (κ2) is 16.8. The van der Waals surface area contributed by atoms with Gasteiger partial charge in [-0.05, 0) is 12.3 Å². The summed E-state index contributed by atoms with van der Waals surface area (Å²) in [5, 5.41) is 8.61. The van der Waals surface area contributed by atoms with Crippen LogP contribution in [0.5, 0.6) is 0 Å². The van der Waals surface area contributed by atoms with Gasteiger partial charge >= 0.3 is 5.97 Å². The maximum Gasteiger partial charge on any atom is 0.303 e. The summed E-state index contributed by atoms with van der Waals surface area (Å²) < 4.78 is 0. The van der Waals surface area contributed by atoms with Gasteiger partial charge in [-0.1, -0.05) is 104 Å². The second-order valence-corrected chi connectivity index (χ2v) is 6.91. The van der Waals surface area contributed by atoms with E-state index in [1.165, 1.54) is 83.5 Å². The van der Waals surface area contributed by atoms with Gasteiger partial charge in [0.25, 0.3) is 0 Å². The Labute approximate surface area is 139 Å². The molecular weight excluding hydrogens is 272 g/mol. The molecule has 0 amide bonds. The number of unbranched alkanes of at least 4 members (excludes halogenated alkanes) is 9. The molecule has 0 aliphatic heterocycles. The third-order valence-electron chi connectivity index (χ3n) is 4.68. The molecule has 1 unspecified atom stereocenters. The summed E-state index contributed by atoms with van der Waals surface area (Å²) in [5.41, 5.74) is 0. The first kappa shape index (κ1) is 21.5. The van der Waals surface area contributed by atoms with E-state index in [0.29, 0.717) is 6.42 Å². The minimum Gasteiger partial charge on any atom is -0.481 e. The summed E-state index contributed by atoms with van der Waals surface area (Å²) in [4.78, 5) is 10.4. The minimum absolute atomic E-state index is 0.344. The minimum atomic E-state index is -0.650. The van der Waals surface area contributed by atoms with Crippen molar-refractivity contribution in [2.24, 2.45) is 5.92 Å². The maximum atomic E-state index is 10.4. The number of carbonyl (C=O) groups is 1. The van der Waals surface area contributed by atoms with Crippen molar-refractivity contribution in [1.29, 1.82) is 0 Å². The van der Waals surface area contributed by atoms with Crippen LogP contribution < -0.4 is 0 Å². The zero-order valence-electron chi connectivity index (χ0n) is 15.2. The summed E-state index contributed by atoms with van der Waals surface area (Å²) in [5.74, 6) is 0.295. The lowest BCUT2D eigenvalue weighted by Gasteiger charge is -2.16. The van der Waals surface area contributed by atoms with Crippen molar-refractivity contribution in [3.05, 3.63) is 0 Å². The van der Waals surface area contributed by atoms with Crippen LogP contribution in [0.1, 0.15) is 117 Å². The Morgan fingerprint density at radius 2 is 1.14 bits per heavy atom. The zero-order valence-corrected chi connectivity index (χ0v) is 15.2. The van der Waals surface area contributed by atoms with Crippen molar-refractivity contribution in [2.75, 3.05) is 0 Å². The molecule has 1 atom stereocenters. The molecule has 0 fully saturated rings. The fourth-order valence-corrected chi connectivity index (χ4v) is 3.20. The van der Waals surface area contributed by atoms with E-state index in [0.717, 1.165) is 18.8 Å². The molecule has 0 saturated carbocycles. The Bertz CT molecular complexity index is 238. The van der Waals surface area contributed by atoms with Crippen molar-refractivity contribution in [3.63, 3.8) is 0 Å². The van der Waals surface area contributed by atoms with Gasteiger partial charge in [0.15, 0.2) is 0 Å². The van der Waals surface area contributed by atoms with Crippen LogP contribution in [0.15, 0.2) is 0 Å². The van der Waals surface area contributed by atoms with Gasteiger partial charge in [0.2, 0.25) is 0 Å². The predicted molar refractivity (Wildman–Crippen MR) is 96.3 cm³/mol. The standard InChI is InChI=1S/C20H40O2/c1-3-5-7-9-12-16-19(15-6-4-2)17-13-10-8-11-14-18-20(21)22/h19H,3-18H2,1-2H3,(H,21,22). The SMILES string of the molecule is CCCCCCCC(CCCC)CCCCCCCC(=O)O. The van der Waals surface area contributed by atoms with Crippen LogP contribution >= 0.6 is 0 Å². The van der Waals surface area contributed by atoms with Crippen LogP contribution in [0.25, 0.3) is 0 Å². The van der Waals surface area contributed by atoms with E-state index in [4.69, 9.17) is 5.11 Å². The average Bonchev–Trinajstić information content (AvgIpc) is 2.50. The van der Waals surface area contributed by atoms with Crippen molar-refractivity contribution in [1.82, 2.24) is 0 Å². The van der Waals surface area contributed by atoms with Gasteiger partial charge in [0.05, 0.1) is 0 Å². The van der Waals surface area contributed by atoms with Gasteiger partial charge in [0, 0.05) is 6.42 Å². The van der Waals surface area contributed by atoms with Crippen molar-refractivity contribution in [3.8, 4) is 0 Å². The highest BCUT2D eigenvalue weighted by molar-refractivity contribution is 5.66. The van der Waals surface area contributed by atoms with E-state index in [9.17, 15) is 4.79 Å². The molecule has 0 aliphatic carbocycles. The fraction of sp³-hybridized carbons (Fsp3) is 0.950. The van der Waals surface area contributed by atoms with Crippen LogP contribution in [0.2, 0.25) is 0 Å². The van der Waals surface area contributed by atoms with Crippen molar-refractivity contribution < 1.29 is 9.90 Å². The molecule has 0 saturated heterocycles. The molecule has 0 bridgehead atoms. The number of rotatable bonds is 17. The summed E-state index contributed by atoms with van der Waals surface area (Å²) in [7, 11) is 0. The predicted octanol–water partition coefficient (Wildman–Crippen LogP) is 6.97. The first-order valence-electron chi connectivity index (χ1n) is 9.92. The molecule has 0 aromatic carbocycles. The number of hydrogen-bond acceptors (Lipinski definition) is 1. The highest BCUT2D eigenvalue weighted by Crippen LogP contribution is 2.23. The Hall–Kier alpha value is -0.530. The highest BCUT2D eigenvalue weighted by Gasteiger charge is 2.08. The average molecular weight is 313 g/mol. The summed E-state index contributed by atoms with van der Waals surface area (Å²) >= 11 is 0. The lowest BCUT2D eigenvalue weighted by atomic mass is 9.90. The van der Waals surface area contributed by atoms with E-state index < -0.39 is 5.97 Å². The number of carboxylic acids is 1. The molecule has 22 heavy (non-hydrogen) atoms. The van der Waals surface area contributed by atoms with Crippen LogP contribution in [0.4, 0.5) is 0 Å². The van der Waals surface area contributed by atoms with E-state index in [1.54, 1.807) is 0 Å². The first-order valence-corrected chi connectivity index (χ1v) is 9.92. The zero-order chi connectivity index (χ0) is 16.5. The van der Waals surface area contributed by atoms with E-state index in [1.807, 2.05) is 0 Å². The number of carboxylic acid groups (broad SMARTS) is 1. The van der Waals surface area contributed by atoms with Gasteiger partial charge in [0.1, 0.15) is 0 Å². The molecule has 0 aliphatic rings. The third kappa shape index (κ3) is 15.9. The molecule has 0 spiro atoms. The van der Waals surface area contributed by atoms with Crippen LogP contribution in [-0.4, -0.2) is 11.1 Å². The highest BCUT2D eigenvalue weighted by atomic mass is 16.4. The van der Waals surface area contributed by atoms with Crippen LogP contribution in [-0.2, 0) is 4.79 Å². The summed E-state index contributed by atoms with van der Waals surface area (Å²) in [6.45, 7) is 4.57. The van der Waals surface area contributed by atoms with Crippen molar-refractivity contribution in [2.45, 2.75) is 117 Å². The maximum absolute atomic E-state index is 10.4. The molecule has 0 rings (SSSR count). The lowest BCUT2D eigenvalue weighted by molar-refractivity contribution is -0.137. The quantitative estimate of drug-likeness (QED) is 0.294. The van der Waals surface area contributed by atoms with Gasteiger partial charge in [-0.3, -0.25) is 4.79 Å². The third-order valence-corrected chi connectivity index (χ3v) is 4.68. The summed E-state index contributed by atoms with van der Waals surface area (Å²) in [6, 6.07) is 0. The Morgan fingerprint density at radius 1 is 0.682 bits per heavy atom. The fourth-order valence-electron chi connectivity index (χ4n) is 3.20. The number of hydrogen-bond donors (Lipinski definition) is 1. The van der Waals surface area contributed by atoms with Crippen LogP contribution in [0, 0.1) is 5.92 Å². The van der Waals surface area contributed by atoms with Gasteiger partial charge < -0.3 is 5.11 Å². The Morgan fingerprint density at radius 3 is 1.68 bits per heavy atom. The molecule has 0 heterocycles. The summed E-state index contributed by atoms with van der Waals surface area (Å²) in [6.07, 6.45) is 20.1. The van der Waals surface area contributed by atoms with E-state index in [2.05, 4.69) is 13.8 Å². The molecule has 2 nitrogen and oxygen atoms in total. The van der Waals surface area contributed by atoms with E-state index in [-0.39, 0.29) is 0 Å². The topological polar surface area (TPSA) is 37.3 Å². The number of aliphatic carboxylic acids is 1.